The van der Waals surface area contributed by atoms with Crippen molar-refractivity contribution in [3.63, 3.8) is 0 Å². The Morgan fingerprint density at radius 2 is 1.85 bits per heavy atom. The molecule has 2 heterocycles. The number of rotatable bonds is 7. The number of aromatic nitrogens is 2. The third-order valence-corrected chi connectivity index (χ3v) is 6.10. The molecular formula is C24H29ClN6O2. The molecule has 0 atom stereocenters. The normalized spacial score (nSPS) is 14.4. The van der Waals surface area contributed by atoms with Crippen LogP contribution in [0.2, 0.25) is 5.02 Å². The lowest BCUT2D eigenvalue weighted by atomic mass is 10.1. The average Bonchev–Trinajstić information content (AvgIpc) is 3.32. The third kappa shape index (κ3) is 5.64. The molecule has 2 aromatic carbocycles. The Bertz CT molecular complexity index is 1090. The van der Waals surface area contributed by atoms with Gasteiger partial charge in [-0.05, 0) is 48.9 Å². The quantitative estimate of drug-likeness (QED) is 0.570. The molecule has 1 amide bonds. The maximum absolute atomic E-state index is 12.4. The molecule has 1 aliphatic heterocycles. The topological polar surface area (TPSA) is 77.7 Å². The number of hydrogen-bond acceptors (Lipinski definition) is 7. The van der Waals surface area contributed by atoms with E-state index in [1.54, 1.807) is 0 Å². The minimum absolute atomic E-state index is 0.0251. The van der Waals surface area contributed by atoms with Gasteiger partial charge in [0, 0.05) is 75.3 Å². The molecule has 0 radical (unpaired) electrons. The smallest absolute Gasteiger partial charge is 0.316 e. The number of carbonyl (C=O) groups excluding carboxylic acids is 1. The highest BCUT2D eigenvalue weighted by Crippen LogP contribution is 2.25. The summed E-state index contributed by atoms with van der Waals surface area (Å²) in [7, 11) is 3.96. The van der Waals surface area contributed by atoms with Crippen molar-refractivity contribution in [3.05, 3.63) is 58.9 Å². The lowest BCUT2D eigenvalue weighted by Crippen LogP contribution is -2.48. The first-order valence-electron chi connectivity index (χ1n) is 11.0. The first kappa shape index (κ1) is 23.1. The number of anilines is 2. The first-order valence-corrected chi connectivity index (χ1v) is 11.4. The summed E-state index contributed by atoms with van der Waals surface area (Å²) >= 11 is 6.17. The van der Waals surface area contributed by atoms with Crippen LogP contribution in [0.15, 0.2) is 47.0 Å². The van der Waals surface area contributed by atoms with Gasteiger partial charge in [0.1, 0.15) is 0 Å². The highest BCUT2D eigenvalue weighted by atomic mass is 35.5. The van der Waals surface area contributed by atoms with Gasteiger partial charge in [-0.1, -0.05) is 22.8 Å². The van der Waals surface area contributed by atoms with Crippen LogP contribution in [0.4, 0.5) is 11.4 Å². The van der Waals surface area contributed by atoms with E-state index in [0.29, 0.717) is 12.4 Å². The zero-order valence-electron chi connectivity index (χ0n) is 19.2. The second-order valence-corrected chi connectivity index (χ2v) is 8.82. The van der Waals surface area contributed by atoms with Crippen LogP contribution in [0.3, 0.4) is 0 Å². The molecule has 1 saturated heterocycles. The summed E-state index contributed by atoms with van der Waals surface area (Å²) in [6, 6.07) is 13.8. The molecule has 4 rings (SSSR count). The standard InChI is InChI=1S/C24H29ClN6O2/c1-17-4-7-19(25)16-21(17)31-14-12-30(13-15-31)11-10-26-23(32)24-27-22(28-33-24)18-5-8-20(9-6-18)29(2)3/h4-9,16H,10-15H2,1-3H3,(H,26,32). The molecule has 33 heavy (non-hydrogen) atoms. The van der Waals surface area contributed by atoms with E-state index in [1.807, 2.05) is 55.4 Å². The molecule has 3 aromatic rings. The number of aryl methyl sites for hydroxylation is 1. The minimum atomic E-state index is -0.355. The van der Waals surface area contributed by atoms with Crippen LogP contribution < -0.4 is 15.1 Å². The van der Waals surface area contributed by atoms with Gasteiger partial charge in [-0.2, -0.15) is 4.98 Å². The van der Waals surface area contributed by atoms with E-state index >= 15 is 0 Å². The van der Waals surface area contributed by atoms with Gasteiger partial charge >= 0.3 is 11.8 Å². The van der Waals surface area contributed by atoms with Gasteiger partial charge in [-0.15, -0.1) is 0 Å². The summed E-state index contributed by atoms with van der Waals surface area (Å²) < 4.78 is 5.17. The molecule has 0 saturated carbocycles. The number of piperazine rings is 1. The molecule has 8 nitrogen and oxygen atoms in total. The van der Waals surface area contributed by atoms with Gasteiger partial charge in [0.15, 0.2) is 0 Å². The Kier molecular flexibility index (Phi) is 7.15. The molecule has 0 aliphatic carbocycles. The largest absolute Gasteiger partial charge is 0.378 e. The molecule has 0 unspecified atom stereocenters. The van der Waals surface area contributed by atoms with Crippen molar-refractivity contribution in [1.82, 2.24) is 20.4 Å². The Labute approximate surface area is 199 Å². The molecule has 1 N–H and O–H groups in total. The highest BCUT2D eigenvalue weighted by molar-refractivity contribution is 6.30. The predicted molar refractivity (Wildman–Crippen MR) is 131 cm³/mol. The lowest BCUT2D eigenvalue weighted by Gasteiger charge is -2.36. The Balaban J connectivity index is 1.24. The van der Waals surface area contributed by atoms with Gasteiger partial charge in [0.25, 0.3) is 0 Å². The maximum atomic E-state index is 12.4. The minimum Gasteiger partial charge on any atom is -0.378 e. The van der Waals surface area contributed by atoms with Gasteiger partial charge < -0.3 is 19.6 Å². The van der Waals surface area contributed by atoms with Gasteiger partial charge in [-0.3, -0.25) is 9.69 Å². The number of nitrogens with zero attached hydrogens (tertiary/aromatic N) is 5. The van der Waals surface area contributed by atoms with Crippen LogP contribution >= 0.6 is 11.6 Å². The fraction of sp³-hybridized carbons (Fsp3) is 0.375. The van der Waals surface area contributed by atoms with Crippen LogP contribution in [0, 0.1) is 6.92 Å². The number of hydrogen-bond donors (Lipinski definition) is 1. The zero-order chi connectivity index (χ0) is 23.4. The molecule has 9 heteroatoms. The van der Waals surface area contributed by atoms with Crippen LogP contribution in [0.25, 0.3) is 11.4 Å². The second-order valence-electron chi connectivity index (χ2n) is 8.38. The SMILES string of the molecule is Cc1ccc(Cl)cc1N1CCN(CCNC(=O)c2nc(-c3ccc(N(C)C)cc3)no2)CC1. The van der Waals surface area contributed by atoms with Crippen molar-refractivity contribution >= 4 is 28.9 Å². The van der Waals surface area contributed by atoms with Crippen LogP contribution in [0.5, 0.6) is 0 Å². The fourth-order valence-corrected chi connectivity index (χ4v) is 4.05. The summed E-state index contributed by atoms with van der Waals surface area (Å²) in [5.74, 6) is 0.0210. The Morgan fingerprint density at radius 1 is 1.12 bits per heavy atom. The van der Waals surface area contributed by atoms with Crippen molar-refractivity contribution in [2.75, 3.05) is 63.2 Å². The monoisotopic (exact) mass is 468 g/mol. The summed E-state index contributed by atoms with van der Waals surface area (Å²) in [6.45, 7) is 7.09. The second kappa shape index (κ2) is 10.2. The van der Waals surface area contributed by atoms with E-state index in [-0.39, 0.29) is 11.8 Å². The first-order chi connectivity index (χ1) is 15.9. The molecular weight excluding hydrogens is 440 g/mol. The van der Waals surface area contributed by atoms with Crippen LogP contribution in [-0.2, 0) is 0 Å². The Hall–Kier alpha value is -3.10. The third-order valence-electron chi connectivity index (χ3n) is 5.86. The molecule has 1 fully saturated rings. The highest BCUT2D eigenvalue weighted by Gasteiger charge is 2.20. The molecule has 1 aliphatic rings. The molecule has 174 valence electrons. The van der Waals surface area contributed by atoms with Crippen molar-refractivity contribution in [3.8, 4) is 11.4 Å². The average molecular weight is 469 g/mol. The summed E-state index contributed by atoms with van der Waals surface area (Å²) in [6.07, 6.45) is 0. The number of carbonyl (C=O) groups is 1. The van der Waals surface area contributed by atoms with Crippen molar-refractivity contribution in [2.45, 2.75) is 6.92 Å². The van der Waals surface area contributed by atoms with Crippen molar-refractivity contribution in [1.29, 1.82) is 0 Å². The van der Waals surface area contributed by atoms with Gasteiger partial charge in [0.2, 0.25) is 5.82 Å². The van der Waals surface area contributed by atoms with Crippen molar-refractivity contribution in [2.24, 2.45) is 0 Å². The maximum Gasteiger partial charge on any atom is 0.316 e. The van der Waals surface area contributed by atoms with E-state index in [2.05, 4.69) is 38.2 Å². The van der Waals surface area contributed by atoms with Crippen LogP contribution in [-0.4, -0.2) is 74.3 Å². The number of halogens is 1. The van der Waals surface area contributed by atoms with E-state index in [1.165, 1.54) is 11.3 Å². The fourth-order valence-electron chi connectivity index (χ4n) is 3.88. The summed E-state index contributed by atoms with van der Waals surface area (Å²) in [5, 5.41) is 7.58. The number of amides is 1. The summed E-state index contributed by atoms with van der Waals surface area (Å²) in [4.78, 5) is 23.4. The van der Waals surface area contributed by atoms with E-state index in [9.17, 15) is 4.79 Å². The number of benzene rings is 2. The van der Waals surface area contributed by atoms with Crippen molar-refractivity contribution < 1.29 is 9.32 Å². The van der Waals surface area contributed by atoms with Crippen LogP contribution in [0.1, 0.15) is 16.2 Å². The van der Waals surface area contributed by atoms with E-state index < -0.39 is 0 Å². The lowest BCUT2D eigenvalue weighted by molar-refractivity contribution is 0.0904. The molecule has 0 spiro atoms. The zero-order valence-corrected chi connectivity index (χ0v) is 20.0. The van der Waals surface area contributed by atoms with E-state index in [4.69, 9.17) is 16.1 Å². The number of nitrogens with one attached hydrogen (secondary N) is 1. The molecule has 1 aromatic heterocycles. The molecule has 0 bridgehead atoms. The summed E-state index contributed by atoms with van der Waals surface area (Å²) in [5.41, 5.74) is 4.30. The Morgan fingerprint density at radius 3 is 2.55 bits per heavy atom. The van der Waals surface area contributed by atoms with E-state index in [0.717, 1.165) is 49.0 Å². The van der Waals surface area contributed by atoms with Gasteiger partial charge in [-0.25, -0.2) is 0 Å². The predicted octanol–water partition coefficient (Wildman–Crippen LogP) is 3.32. The van der Waals surface area contributed by atoms with Gasteiger partial charge in [0.05, 0.1) is 0 Å².